The lowest BCUT2D eigenvalue weighted by Crippen LogP contribution is -2.11. The third-order valence-electron chi connectivity index (χ3n) is 4.52. The van der Waals surface area contributed by atoms with E-state index in [9.17, 15) is 4.79 Å². The molecule has 5 rings (SSSR count). The molecule has 3 aromatic carbocycles. The van der Waals surface area contributed by atoms with Gasteiger partial charge in [0.15, 0.2) is 23.0 Å². The van der Waals surface area contributed by atoms with Crippen LogP contribution >= 0.6 is 0 Å². The SMILES string of the molecule is O=C(Nc1ccc2oc(Cc3ccccc3)nc2c1)c1ccc2c(c1)OCO2. The van der Waals surface area contributed by atoms with Crippen molar-refractivity contribution >= 4 is 22.7 Å². The highest BCUT2D eigenvalue weighted by atomic mass is 16.7. The fourth-order valence-corrected chi connectivity index (χ4v) is 3.14. The third kappa shape index (κ3) is 3.16. The number of fused-ring (bicyclic) bond motifs is 2. The maximum Gasteiger partial charge on any atom is 0.255 e. The molecule has 0 bridgehead atoms. The van der Waals surface area contributed by atoms with Crippen molar-refractivity contribution in [3.63, 3.8) is 0 Å². The van der Waals surface area contributed by atoms with Gasteiger partial charge in [-0.15, -0.1) is 0 Å². The number of hydrogen-bond acceptors (Lipinski definition) is 5. The van der Waals surface area contributed by atoms with Crippen LogP contribution < -0.4 is 14.8 Å². The Balaban J connectivity index is 1.35. The molecule has 0 fully saturated rings. The molecule has 2 heterocycles. The van der Waals surface area contributed by atoms with Crippen molar-refractivity contribution in [3.05, 3.63) is 83.7 Å². The number of oxazole rings is 1. The van der Waals surface area contributed by atoms with Crippen LogP contribution in [-0.2, 0) is 6.42 Å². The highest BCUT2D eigenvalue weighted by molar-refractivity contribution is 6.05. The zero-order chi connectivity index (χ0) is 18.9. The predicted octanol–water partition coefficient (Wildman–Crippen LogP) is 4.40. The van der Waals surface area contributed by atoms with Gasteiger partial charge in [-0.25, -0.2) is 4.98 Å². The molecule has 0 spiro atoms. The maximum absolute atomic E-state index is 12.5. The second-order valence-electron chi connectivity index (χ2n) is 6.47. The number of carbonyl (C=O) groups is 1. The molecule has 0 radical (unpaired) electrons. The average Bonchev–Trinajstić information content (AvgIpc) is 3.34. The van der Waals surface area contributed by atoms with E-state index in [-0.39, 0.29) is 12.7 Å². The van der Waals surface area contributed by atoms with E-state index in [0.29, 0.717) is 46.2 Å². The third-order valence-corrected chi connectivity index (χ3v) is 4.52. The number of rotatable bonds is 4. The summed E-state index contributed by atoms with van der Waals surface area (Å²) in [6, 6.07) is 20.5. The number of aromatic nitrogens is 1. The van der Waals surface area contributed by atoms with Gasteiger partial charge < -0.3 is 19.2 Å². The fourth-order valence-electron chi connectivity index (χ4n) is 3.14. The summed E-state index contributed by atoms with van der Waals surface area (Å²) in [6.45, 7) is 0.175. The van der Waals surface area contributed by atoms with Gasteiger partial charge in [0.1, 0.15) is 5.52 Å². The van der Waals surface area contributed by atoms with Crippen LogP contribution in [0, 0.1) is 0 Å². The van der Waals surface area contributed by atoms with Crippen LogP contribution in [0.2, 0.25) is 0 Å². The van der Waals surface area contributed by atoms with Crippen molar-refractivity contribution in [2.45, 2.75) is 6.42 Å². The minimum absolute atomic E-state index is 0.175. The topological polar surface area (TPSA) is 73.6 Å². The smallest absolute Gasteiger partial charge is 0.255 e. The van der Waals surface area contributed by atoms with E-state index in [1.165, 1.54) is 0 Å². The number of amides is 1. The molecule has 6 heteroatoms. The summed E-state index contributed by atoms with van der Waals surface area (Å²) >= 11 is 0. The molecule has 1 aromatic heterocycles. The summed E-state index contributed by atoms with van der Waals surface area (Å²) in [7, 11) is 0. The number of benzene rings is 3. The summed E-state index contributed by atoms with van der Waals surface area (Å²) in [5.41, 5.74) is 3.66. The molecular weight excluding hydrogens is 356 g/mol. The van der Waals surface area contributed by atoms with Gasteiger partial charge in [-0.1, -0.05) is 30.3 Å². The first kappa shape index (κ1) is 16.4. The molecule has 28 heavy (non-hydrogen) atoms. The van der Waals surface area contributed by atoms with Crippen molar-refractivity contribution in [3.8, 4) is 11.5 Å². The Kier molecular flexibility index (Phi) is 3.94. The molecule has 0 saturated carbocycles. The van der Waals surface area contributed by atoms with E-state index in [0.717, 1.165) is 5.56 Å². The van der Waals surface area contributed by atoms with Crippen LogP contribution in [0.1, 0.15) is 21.8 Å². The maximum atomic E-state index is 12.5. The summed E-state index contributed by atoms with van der Waals surface area (Å²) in [5, 5.41) is 2.88. The van der Waals surface area contributed by atoms with Crippen LogP contribution in [0.5, 0.6) is 11.5 Å². The van der Waals surface area contributed by atoms with Crippen molar-refractivity contribution < 1.29 is 18.7 Å². The number of nitrogens with one attached hydrogen (secondary N) is 1. The van der Waals surface area contributed by atoms with Gasteiger partial charge in [0, 0.05) is 17.7 Å². The van der Waals surface area contributed by atoms with Gasteiger partial charge in [0.05, 0.1) is 0 Å². The molecule has 6 nitrogen and oxygen atoms in total. The zero-order valence-electron chi connectivity index (χ0n) is 14.8. The fraction of sp³-hybridized carbons (Fsp3) is 0.0909. The molecule has 0 saturated heterocycles. The van der Waals surface area contributed by atoms with Crippen LogP contribution in [0.15, 0.2) is 71.1 Å². The molecule has 1 aliphatic heterocycles. The lowest BCUT2D eigenvalue weighted by atomic mass is 10.1. The summed E-state index contributed by atoms with van der Waals surface area (Å²) in [5.74, 6) is 1.63. The lowest BCUT2D eigenvalue weighted by Gasteiger charge is -2.05. The van der Waals surface area contributed by atoms with Gasteiger partial charge in [0.2, 0.25) is 6.79 Å². The van der Waals surface area contributed by atoms with Crippen LogP contribution in [-0.4, -0.2) is 17.7 Å². The van der Waals surface area contributed by atoms with Crippen molar-refractivity contribution in [2.75, 3.05) is 12.1 Å². The molecule has 1 amide bonds. The molecule has 138 valence electrons. The van der Waals surface area contributed by atoms with Gasteiger partial charge >= 0.3 is 0 Å². The summed E-state index contributed by atoms with van der Waals surface area (Å²) < 4.78 is 16.4. The van der Waals surface area contributed by atoms with Gasteiger partial charge in [-0.05, 0) is 42.0 Å². The largest absolute Gasteiger partial charge is 0.454 e. The van der Waals surface area contributed by atoms with Crippen LogP contribution in [0.3, 0.4) is 0 Å². The van der Waals surface area contributed by atoms with E-state index in [2.05, 4.69) is 10.3 Å². The van der Waals surface area contributed by atoms with E-state index >= 15 is 0 Å². The van der Waals surface area contributed by atoms with Gasteiger partial charge in [-0.2, -0.15) is 0 Å². The number of carbonyl (C=O) groups excluding carboxylic acids is 1. The number of nitrogens with zero attached hydrogens (tertiary/aromatic N) is 1. The van der Waals surface area contributed by atoms with E-state index in [1.807, 2.05) is 36.4 Å². The highest BCUT2D eigenvalue weighted by Gasteiger charge is 2.16. The minimum atomic E-state index is -0.231. The van der Waals surface area contributed by atoms with E-state index in [1.54, 1.807) is 30.3 Å². The monoisotopic (exact) mass is 372 g/mol. The molecule has 1 N–H and O–H groups in total. The summed E-state index contributed by atoms with van der Waals surface area (Å²) in [6.07, 6.45) is 0.619. The number of hydrogen-bond donors (Lipinski definition) is 1. The summed E-state index contributed by atoms with van der Waals surface area (Å²) in [4.78, 5) is 17.1. The number of anilines is 1. The van der Waals surface area contributed by atoms with Crippen LogP contribution in [0.4, 0.5) is 5.69 Å². The quantitative estimate of drug-likeness (QED) is 0.575. The zero-order valence-corrected chi connectivity index (χ0v) is 14.8. The average molecular weight is 372 g/mol. The molecule has 0 atom stereocenters. The Hall–Kier alpha value is -3.80. The molecule has 1 aliphatic rings. The normalized spacial score (nSPS) is 12.3. The van der Waals surface area contributed by atoms with Gasteiger partial charge in [-0.3, -0.25) is 4.79 Å². The Morgan fingerprint density at radius 2 is 1.82 bits per heavy atom. The molecule has 0 unspecified atom stereocenters. The highest BCUT2D eigenvalue weighted by Crippen LogP contribution is 2.32. The first-order valence-electron chi connectivity index (χ1n) is 8.89. The number of ether oxygens (including phenoxy) is 2. The van der Waals surface area contributed by atoms with Crippen molar-refractivity contribution in [1.29, 1.82) is 0 Å². The van der Waals surface area contributed by atoms with Crippen LogP contribution in [0.25, 0.3) is 11.1 Å². The predicted molar refractivity (Wildman–Crippen MR) is 104 cm³/mol. The Bertz CT molecular complexity index is 1170. The van der Waals surface area contributed by atoms with E-state index < -0.39 is 0 Å². The molecule has 4 aromatic rings. The second kappa shape index (κ2) is 6.74. The first-order chi connectivity index (χ1) is 13.7. The molecule has 0 aliphatic carbocycles. The standard InChI is InChI=1S/C22H16N2O4/c25-22(15-6-8-19-20(11-15)27-13-26-19)23-16-7-9-18-17(12-16)24-21(28-18)10-14-4-2-1-3-5-14/h1-9,11-12H,10,13H2,(H,23,25). The van der Waals surface area contributed by atoms with E-state index in [4.69, 9.17) is 13.9 Å². The lowest BCUT2D eigenvalue weighted by molar-refractivity contribution is 0.102. The Morgan fingerprint density at radius 3 is 2.71 bits per heavy atom. The van der Waals surface area contributed by atoms with Crippen molar-refractivity contribution in [1.82, 2.24) is 4.98 Å². The van der Waals surface area contributed by atoms with Crippen molar-refractivity contribution in [2.24, 2.45) is 0 Å². The first-order valence-corrected chi connectivity index (χ1v) is 8.89. The Morgan fingerprint density at radius 1 is 0.964 bits per heavy atom. The Labute approximate surface area is 160 Å². The molecular formula is C22H16N2O4. The van der Waals surface area contributed by atoms with Gasteiger partial charge in [0.25, 0.3) is 5.91 Å². The minimum Gasteiger partial charge on any atom is -0.454 e. The second-order valence-corrected chi connectivity index (χ2v) is 6.47.